The molecule has 0 N–H and O–H groups in total. The fourth-order valence-electron chi connectivity index (χ4n) is 8.71. The highest BCUT2D eigenvalue weighted by atomic mass is 31.2. The van der Waals surface area contributed by atoms with Crippen LogP contribution in [0.5, 0.6) is 0 Å². The molecule has 260 valence electrons. The summed E-state index contributed by atoms with van der Waals surface area (Å²) >= 11 is 0. The molecule has 0 aliphatic rings. The molecule has 11 rings (SSSR count). The van der Waals surface area contributed by atoms with E-state index in [1.54, 1.807) is 0 Å². The lowest BCUT2D eigenvalue weighted by Crippen LogP contribution is -2.25. The third-order valence-electron chi connectivity index (χ3n) is 11.1. The number of benzene rings is 8. The fourth-order valence-corrected chi connectivity index (χ4v) is 11.4. The SMILES string of the molecule is O=P(c1ccccc1)(c1ccccc1)c1ccc2c(c1)n(-c1ccccc1)c1c3ccc(-n4c5ccccc5c5ccccc54)cc3n(-c3ccccc3)c21. The first kappa shape index (κ1) is 31.6. The first-order valence-electron chi connectivity index (χ1n) is 18.6. The maximum absolute atomic E-state index is 15.7. The minimum absolute atomic E-state index is 0.805. The predicted octanol–water partition coefficient (Wildman–Crippen LogP) is 11.5. The van der Waals surface area contributed by atoms with Crippen molar-refractivity contribution in [1.29, 1.82) is 0 Å². The van der Waals surface area contributed by atoms with Crippen molar-refractivity contribution in [2.24, 2.45) is 0 Å². The molecule has 11 aromatic rings. The van der Waals surface area contributed by atoms with Crippen LogP contribution in [-0.2, 0) is 4.57 Å². The molecule has 0 unspecified atom stereocenters. The lowest BCUT2D eigenvalue weighted by molar-refractivity contribution is 0.592. The molecule has 0 radical (unpaired) electrons. The first-order valence-corrected chi connectivity index (χ1v) is 20.3. The lowest BCUT2D eigenvalue weighted by atomic mass is 10.2. The van der Waals surface area contributed by atoms with E-state index in [-0.39, 0.29) is 0 Å². The van der Waals surface area contributed by atoms with E-state index in [9.17, 15) is 0 Å². The van der Waals surface area contributed by atoms with Gasteiger partial charge in [0.25, 0.3) is 0 Å². The first-order chi connectivity index (χ1) is 27.2. The van der Waals surface area contributed by atoms with E-state index in [4.69, 9.17) is 0 Å². The summed E-state index contributed by atoms with van der Waals surface area (Å²) in [5, 5.41) is 7.15. The van der Waals surface area contributed by atoms with Crippen molar-refractivity contribution in [3.63, 3.8) is 0 Å². The monoisotopic (exact) mass is 723 g/mol. The van der Waals surface area contributed by atoms with Crippen LogP contribution in [0.1, 0.15) is 0 Å². The summed E-state index contributed by atoms with van der Waals surface area (Å²) in [4.78, 5) is 0. The van der Waals surface area contributed by atoms with Gasteiger partial charge in [-0.05, 0) is 66.7 Å². The Balaban J connectivity index is 1.26. The topological polar surface area (TPSA) is 31.9 Å². The van der Waals surface area contributed by atoms with Gasteiger partial charge in [0.1, 0.15) is 0 Å². The molecule has 0 saturated heterocycles. The van der Waals surface area contributed by atoms with Gasteiger partial charge in [-0.2, -0.15) is 0 Å². The molecule has 0 spiro atoms. The molecule has 0 atom stereocenters. The number of para-hydroxylation sites is 4. The fraction of sp³-hybridized carbons (Fsp3) is 0. The van der Waals surface area contributed by atoms with Gasteiger partial charge >= 0.3 is 0 Å². The molecule has 5 heteroatoms. The summed E-state index contributed by atoms with van der Waals surface area (Å²) in [6.45, 7) is 0. The quantitative estimate of drug-likeness (QED) is 0.157. The number of rotatable bonds is 6. The van der Waals surface area contributed by atoms with Crippen LogP contribution in [0.4, 0.5) is 0 Å². The molecule has 0 aliphatic heterocycles. The second-order valence-electron chi connectivity index (χ2n) is 14.1. The van der Waals surface area contributed by atoms with Crippen molar-refractivity contribution in [3.05, 3.63) is 206 Å². The van der Waals surface area contributed by atoms with E-state index in [0.29, 0.717) is 0 Å². The van der Waals surface area contributed by atoms with E-state index in [1.807, 2.05) is 60.7 Å². The Hall–Kier alpha value is -6.87. The van der Waals surface area contributed by atoms with Gasteiger partial charge < -0.3 is 18.3 Å². The molecular formula is C50H34N3OP. The third-order valence-corrected chi connectivity index (χ3v) is 14.2. The molecule has 8 aromatic carbocycles. The summed E-state index contributed by atoms with van der Waals surface area (Å²) in [7, 11) is -3.23. The average Bonchev–Trinajstić information content (AvgIpc) is 3.89. The van der Waals surface area contributed by atoms with Crippen LogP contribution in [0.3, 0.4) is 0 Å². The van der Waals surface area contributed by atoms with Crippen molar-refractivity contribution >= 4 is 77.7 Å². The number of hydrogen-bond donors (Lipinski definition) is 0. The predicted molar refractivity (Wildman–Crippen MR) is 231 cm³/mol. The highest BCUT2D eigenvalue weighted by molar-refractivity contribution is 7.85. The number of hydrogen-bond acceptors (Lipinski definition) is 1. The zero-order valence-corrected chi connectivity index (χ0v) is 30.7. The Morgan fingerprint density at radius 1 is 0.291 bits per heavy atom. The summed E-state index contributed by atoms with van der Waals surface area (Å²) in [6.07, 6.45) is 0. The smallest absolute Gasteiger partial charge is 0.171 e. The molecule has 0 amide bonds. The van der Waals surface area contributed by atoms with E-state index >= 15 is 4.57 Å². The second kappa shape index (κ2) is 12.3. The van der Waals surface area contributed by atoms with Crippen LogP contribution >= 0.6 is 7.14 Å². The minimum Gasteiger partial charge on any atom is -0.309 e. The highest BCUT2D eigenvalue weighted by Gasteiger charge is 2.31. The molecule has 3 heterocycles. The molecule has 4 nitrogen and oxygen atoms in total. The van der Waals surface area contributed by atoms with Crippen LogP contribution in [0.25, 0.3) is 71.7 Å². The van der Waals surface area contributed by atoms with Gasteiger partial charge in [-0.15, -0.1) is 0 Å². The third kappa shape index (κ3) is 4.69. The number of nitrogens with zero attached hydrogens (tertiary/aromatic N) is 3. The Bertz CT molecular complexity index is 3170. The summed E-state index contributed by atoms with van der Waals surface area (Å²) < 4.78 is 22.9. The van der Waals surface area contributed by atoms with Gasteiger partial charge in [-0.25, -0.2) is 0 Å². The largest absolute Gasteiger partial charge is 0.309 e. The van der Waals surface area contributed by atoms with Gasteiger partial charge in [-0.1, -0.05) is 140 Å². The van der Waals surface area contributed by atoms with Crippen molar-refractivity contribution < 1.29 is 4.57 Å². The van der Waals surface area contributed by atoms with Crippen molar-refractivity contribution in [2.45, 2.75) is 0 Å². The molecule has 55 heavy (non-hydrogen) atoms. The Morgan fingerprint density at radius 3 is 1.22 bits per heavy atom. The van der Waals surface area contributed by atoms with E-state index in [1.165, 1.54) is 21.8 Å². The van der Waals surface area contributed by atoms with Crippen molar-refractivity contribution in [1.82, 2.24) is 13.7 Å². The Labute approximate surface area is 318 Å². The summed E-state index contributed by atoms with van der Waals surface area (Å²) in [5.41, 5.74) is 9.94. The summed E-state index contributed by atoms with van der Waals surface area (Å²) in [5.74, 6) is 0. The van der Waals surface area contributed by atoms with Gasteiger partial charge in [0.05, 0.1) is 33.1 Å². The molecule has 0 aliphatic carbocycles. The number of aromatic nitrogens is 3. The molecular weight excluding hydrogens is 690 g/mol. The van der Waals surface area contributed by atoms with Crippen LogP contribution in [0.2, 0.25) is 0 Å². The van der Waals surface area contributed by atoms with Gasteiger partial charge in [0.2, 0.25) is 0 Å². The van der Waals surface area contributed by atoms with Gasteiger partial charge in [-0.3, -0.25) is 0 Å². The van der Waals surface area contributed by atoms with E-state index in [0.717, 1.165) is 65.8 Å². The maximum atomic E-state index is 15.7. The Kier molecular flexibility index (Phi) is 7.10. The molecule has 0 fully saturated rings. The van der Waals surface area contributed by atoms with Gasteiger partial charge in [0, 0.05) is 54.5 Å². The van der Waals surface area contributed by atoms with Crippen LogP contribution in [0, 0.1) is 0 Å². The highest BCUT2D eigenvalue weighted by Crippen LogP contribution is 2.46. The molecule has 0 bridgehead atoms. The number of fused-ring (bicyclic) bond motifs is 8. The second-order valence-corrected chi connectivity index (χ2v) is 16.9. The van der Waals surface area contributed by atoms with Gasteiger partial charge in [0.15, 0.2) is 7.14 Å². The van der Waals surface area contributed by atoms with E-state index in [2.05, 4.69) is 159 Å². The van der Waals surface area contributed by atoms with Crippen LogP contribution in [0.15, 0.2) is 206 Å². The van der Waals surface area contributed by atoms with Crippen molar-refractivity contribution in [2.75, 3.05) is 0 Å². The minimum atomic E-state index is -3.23. The van der Waals surface area contributed by atoms with E-state index < -0.39 is 7.14 Å². The van der Waals surface area contributed by atoms with Crippen LogP contribution in [-0.4, -0.2) is 13.7 Å². The zero-order valence-electron chi connectivity index (χ0n) is 29.8. The molecule has 3 aromatic heterocycles. The lowest BCUT2D eigenvalue weighted by Gasteiger charge is -2.20. The standard InChI is InChI=1S/C50H34N3OP/c54-55(38-21-9-3-10-22-38,39-23-11-4-12-24-39)40-30-32-44-48(34-40)53(36-19-7-2-8-20-36)49-43-31-29-37(33-47(43)52(50(44)49)35-17-5-1-6-18-35)51-45-27-15-13-25-41(45)42-26-14-16-28-46(42)51/h1-34H. The molecule has 0 saturated carbocycles. The summed E-state index contributed by atoms with van der Waals surface area (Å²) in [6, 6.07) is 71.8. The maximum Gasteiger partial charge on any atom is 0.171 e. The van der Waals surface area contributed by atoms with Crippen molar-refractivity contribution in [3.8, 4) is 17.1 Å². The van der Waals surface area contributed by atoms with Crippen LogP contribution < -0.4 is 15.9 Å². The normalized spacial score (nSPS) is 12.1. The Morgan fingerprint density at radius 2 is 0.709 bits per heavy atom. The zero-order chi connectivity index (χ0) is 36.5. The average molecular weight is 724 g/mol.